The van der Waals surface area contributed by atoms with Crippen molar-refractivity contribution in [3.63, 3.8) is 0 Å². The summed E-state index contributed by atoms with van der Waals surface area (Å²) in [7, 11) is 0. The normalized spacial score (nSPS) is 9.89. The Morgan fingerprint density at radius 2 is 2.33 bits per heavy atom. The number of nitrogens with zero attached hydrogens (tertiary/aromatic N) is 3. The van der Waals surface area contributed by atoms with E-state index in [4.69, 9.17) is 5.11 Å². The van der Waals surface area contributed by atoms with Gasteiger partial charge in [-0.1, -0.05) is 6.08 Å². The Morgan fingerprint density at radius 3 is 2.83 bits per heavy atom. The minimum atomic E-state index is -0.242. The predicted molar refractivity (Wildman–Crippen MR) is 69.5 cm³/mol. The van der Waals surface area contributed by atoms with Gasteiger partial charge in [0, 0.05) is 19.6 Å². The second-order valence-corrected chi connectivity index (χ2v) is 3.59. The standard InChI is InChI=1S/C12H18N4O2/c1-3-7-16(8-9-17)11-6-5-10(14-15-11)12(18)13-4-2/h3,5-6,17H,1,4,7-9H2,2H3,(H,13,18). The van der Waals surface area contributed by atoms with Gasteiger partial charge in [0.15, 0.2) is 11.5 Å². The van der Waals surface area contributed by atoms with E-state index in [1.54, 1.807) is 18.2 Å². The van der Waals surface area contributed by atoms with Crippen LogP contribution < -0.4 is 10.2 Å². The molecule has 6 nitrogen and oxygen atoms in total. The summed E-state index contributed by atoms with van der Waals surface area (Å²) in [6, 6.07) is 3.32. The highest BCUT2D eigenvalue weighted by Gasteiger charge is 2.10. The van der Waals surface area contributed by atoms with E-state index in [0.29, 0.717) is 25.5 Å². The number of carbonyl (C=O) groups excluding carboxylic acids is 1. The van der Waals surface area contributed by atoms with Crippen molar-refractivity contribution in [2.45, 2.75) is 6.92 Å². The van der Waals surface area contributed by atoms with E-state index in [9.17, 15) is 4.79 Å². The minimum absolute atomic E-state index is 0.0214. The second kappa shape index (κ2) is 7.39. The van der Waals surface area contributed by atoms with E-state index in [0.717, 1.165) is 0 Å². The number of carbonyl (C=O) groups is 1. The number of nitrogens with one attached hydrogen (secondary N) is 1. The van der Waals surface area contributed by atoms with Crippen LogP contribution in [0.4, 0.5) is 5.82 Å². The highest BCUT2D eigenvalue weighted by atomic mass is 16.3. The van der Waals surface area contributed by atoms with Crippen LogP contribution in [-0.4, -0.2) is 47.5 Å². The molecule has 0 aromatic carbocycles. The van der Waals surface area contributed by atoms with Crippen molar-refractivity contribution < 1.29 is 9.90 Å². The smallest absolute Gasteiger partial charge is 0.271 e. The Morgan fingerprint density at radius 1 is 1.56 bits per heavy atom. The molecule has 0 saturated heterocycles. The van der Waals surface area contributed by atoms with E-state index < -0.39 is 0 Å². The van der Waals surface area contributed by atoms with E-state index in [1.807, 2.05) is 11.8 Å². The molecule has 1 amide bonds. The largest absolute Gasteiger partial charge is 0.395 e. The lowest BCUT2D eigenvalue weighted by Crippen LogP contribution is -2.29. The van der Waals surface area contributed by atoms with Crippen molar-refractivity contribution >= 4 is 11.7 Å². The Hall–Kier alpha value is -1.95. The van der Waals surface area contributed by atoms with E-state index >= 15 is 0 Å². The molecule has 0 aliphatic rings. The average molecular weight is 250 g/mol. The van der Waals surface area contributed by atoms with Crippen molar-refractivity contribution in [3.8, 4) is 0 Å². The lowest BCUT2D eigenvalue weighted by molar-refractivity contribution is 0.0950. The van der Waals surface area contributed by atoms with E-state index in [1.165, 1.54) is 0 Å². The van der Waals surface area contributed by atoms with Crippen molar-refractivity contribution in [1.29, 1.82) is 0 Å². The number of amides is 1. The van der Waals surface area contributed by atoms with Gasteiger partial charge in [-0.05, 0) is 19.1 Å². The van der Waals surface area contributed by atoms with Crippen LogP contribution in [0.5, 0.6) is 0 Å². The molecule has 0 fully saturated rings. The fourth-order valence-corrected chi connectivity index (χ4v) is 1.44. The van der Waals surface area contributed by atoms with Crippen LogP contribution in [0.1, 0.15) is 17.4 Å². The van der Waals surface area contributed by atoms with Gasteiger partial charge in [0.2, 0.25) is 0 Å². The number of anilines is 1. The van der Waals surface area contributed by atoms with Gasteiger partial charge >= 0.3 is 0 Å². The molecule has 1 heterocycles. The molecule has 0 saturated carbocycles. The fraction of sp³-hybridized carbons (Fsp3) is 0.417. The zero-order chi connectivity index (χ0) is 13.4. The Labute approximate surface area is 106 Å². The van der Waals surface area contributed by atoms with Gasteiger partial charge in [0.1, 0.15) is 0 Å². The number of hydrogen-bond donors (Lipinski definition) is 2. The molecule has 6 heteroatoms. The summed E-state index contributed by atoms with van der Waals surface area (Å²) in [5.74, 6) is 0.367. The van der Waals surface area contributed by atoms with Crippen LogP contribution in [0.25, 0.3) is 0 Å². The van der Waals surface area contributed by atoms with Crippen molar-refractivity contribution in [2.24, 2.45) is 0 Å². The van der Waals surface area contributed by atoms with Gasteiger partial charge in [-0.15, -0.1) is 16.8 Å². The predicted octanol–water partition coefficient (Wildman–Crippen LogP) is 0.211. The minimum Gasteiger partial charge on any atom is -0.395 e. The van der Waals surface area contributed by atoms with Crippen LogP contribution in [0, 0.1) is 0 Å². The molecule has 0 radical (unpaired) electrons. The number of hydrogen-bond acceptors (Lipinski definition) is 5. The van der Waals surface area contributed by atoms with Gasteiger partial charge in [0.25, 0.3) is 5.91 Å². The molecule has 0 unspecified atom stereocenters. The molecule has 0 bridgehead atoms. The maximum Gasteiger partial charge on any atom is 0.271 e. The molecule has 98 valence electrons. The monoisotopic (exact) mass is 250 g/mol. The van der Waals surface area contributed by atoms with Crippen molar-refractivity contribution in [2.75, 3.05) is 31.1 Å². The highest BCUT2D eigenvalue weighted by Crippen LogP contribution is 2.09. The lowest BCUT2D eigenvalue weighted by Gasteiger charge is -2.20. The SMILES string of the molecule is C=CCN(CCO)c1ccc(C(=O)NCC)nn1. The molecular formula is C12H18N4O2. The molecular weight excluding hydrogens is 232 g/mol. The summed E-state index contributed by atoms with van der Waals surface area (Å²) < 4.78 is 0. The van der Waals surface area contributed by atoms with Crippen molar-refractivity contribution in [1.82, 2.24) is 15.5 Å². The van der Waals surface area contributed by atoms with Gasteiger partial charge < -0.3 is 15.3 Å². The maximum absolute atomic E-state index is 11.5. The summed E-state index contributed by atoms with van der Waals surface area (Å²) in [5, 5.41) is 19.4. The summed E-state index contributed by atoms with van der Waals surface area (Å²) in [6.45, 7) is 7.07. The summed E-state index contributed by atoms with van der Waals surface area (Å²) in [5.41, 5.74) is 0.281. The van der Waals surface area contributed by atoms with Crippen LogP contribution >= 0.6 is 0 Å². The third-order valence-electron chi connectivity index (χ3n) is 2.26. The molecule has 0 aliphatic heterocycles. The molecule has 0 aliphatic carbocycles. The second-order valence-electron chi connectivity index (χ2n) is 3.59. The Balaban J connectivity index is 2.79. The number of aromatic nitrogens is 2. The van der Waals surface area contributed by atoms with Crippen LogP contribution in [0.3, 0.4) is 0 Å². The molecule has 0 atom stereocenters. The van der Waals surface area contributed by atoms with Crippen LogP contribution in [0.15, 0.2) is 24.8 Å². The molecule has 1 aromatic rings. The Kier molecular flexibility index (Phi) is 5.79. The highest BCUT2D eigenvalue weighted by molar-refractivity contribution is 5.92. The zero-order valence-corrected chi connectivity index (χ0v) is 10.5. The van der Waals surface area contributed by atoms with Gasteiger partial charge in [0.05, 0.1) is 6.61 Å². The van der Waals surface area contributed by atoms with Crippen molar-refractivity contribution in [3.05, 3.63) is 30.5 Å². The first-order valence-corrected chi connectivity index (χ1v) is 5.81. The Bertz CT molecular complexity index is 392. The number of aliphatic hydroxyl groups is 1. The first-order chi connectivity index (χ1) is 8.72. The third-order valence-corrected chi connectivity index (χ3v) is 2.26. The van der Waals surface area contributed by atoms with Crippen LogP contribution in [-0.2, 0) is 0 Å². The fourth-order valence-electron chi connectivity index (χ4n) is 1.44. The van der Waals surface area contributed by atoms with Crippen LogP contribution in [0.2, 0.25) is 0 Å². The van der Waals surface area contributed by atoms with Gasteiger partial charge in [-0.3, -0.25) is 4.79 Å². The molecule has 1 aromatic heterocycles. The van der Waals surface area contributed by atoms with Gasteiger partial charge in [-0.25, -0.2) is 0 Å². The molecule has 2 N–H and O–H groups in total. The number of aliphatic hydroxyl groups excluding tert-OH is 1. The first-order valence-electron chi connectivity index (χ1n) is 5.81. The number of rotatable bonds is 7. The summed E-state index contributed by atoms with van der Waals surface area (Å²) in [6.07, 6.45) is 1.72. The summed E-state index contributed by atoms with van der Waals surface area (Å²) in [4.78, 5) is 13.3. The molecule has 18 heavy (non-hydrogen) atoms. The lowest BCUT2D eigenvalue weighted by atomic mass is 10.3. The quantitative estimate of drug-likeness (QED) is 0.676. The zero-order valence-electron chi connectivity index (χ0n) is 10.5. The molecule has 1 rings (SSSR count). The molecule has 0 spiro atoms. The maximum atomic E-state index is 11.5. The third kappa shape index (κ3) is 3.81. The van der Waals surface area contributed by atoms with Gasteiger partial charge in [-0.2, -0.15) is 0 Å². The topological polar surface area (TPSA) is 78.4 Å². The first kappa shape index (κ1) is 14.1. The van der Waals surface area contributed by atoms with E-state index in [-0.39, 0.29) is 18.2 Å². The average Bonchev–Trinajstić information content (AvgIpc) is 2.39. The van der Waals surface area contributed by atoms with E-state index in [2.05, 4.69) is 22.1 Å². The summed E-state index contributed by atoms with van der Waals surface area (Å²) >= 11 is 0.